The molecule has 2 rings (SSSR count). The number of nitrogens with zero attached hydrogens (tertiary/aromatic N) is 1. The number of likely N-dealkylation sites (tertiary alicyclic amines) is 1. The Bertz CT molecular complexity index is 267. The van der Waals surface area contributed by atoms with Crippen molar-refractivity contribution in [1.82, 2.24) is 4.90 Å². The van der Waals surface area contributed by atoms with Crippen molar-refractivity contribution in [2.24, 2.45) is 17.6 Å². The van der Waals surface area contributed by atoms with Gasteiger partial charge in [-0.1, -0.05) is 25.7 Å². The molecule has 2 N–H and O–H groups in total. The molecule has 1 aliphatic carbocycles. The Morgan fingerprint density at radius 2 is 1.94 bits per heavy atom. The first-order valence-corrected chi connectivity index (χ1v) is 7.20. The summed E-state index contributed by atoms with van der Waals surface area (Å²) < 4.78 is 0. The zero-order valence-corrected chi connectivity index (χ0v) is 12.3. The van der Waals surface area contributed by atoms with E-state index in [9.17, 15) is 4.79 Å². The number of halogens is 1. The highest BCUT2D eigenvalue weighted by molar-refractivity contribution is 5.85. The molecule has 0 radical (unpaired) electrons. The van der Waals surface area contributed by atoms with E-state index >= 15 is 0 Å². The molecule has 0 aromatic carbocycles. The van der Waals surface area contributed by atoms with Gasteiger partial charge in [0.25, 0.3) is 0 Å². The lowest BCUT2D eigenvalue weighted by Crippen LogP contribution is -2.34. The Kier molecular flexibility index (Phi) is 6.44. The molecule has 4 heteroatoms. The van der Waals surface area contributed by atoms with Crippen LogP contribution in [0.1, 0.15) is 51.9 Å². The molecule has 18 heavy (non-hydrogen) atoms. The number of hydrogen-bond donors (Lipinski definition) is 1. The van der Waals surface area contributed by atoms with Gasteiger partial charge in [-0.15, -0.1) is 12.4 Å². The average molecular weight is 275 g/mol. The second-order valence-electron chi connectivity index (χ2n) is 5.92. The molecule has 1 amide bonds. The van der Waals surface area contributed by atoms with Gasteiger partial charge in [-0.2, -0.15) is 0 Å². The lowest BCUT2D eigenvalue weighted by molar-refractivity contribution is -0.132. The van der Waals surface area contributed by atoms with E-state index in [4.69, 9.17) is 5.73 Å². The van der Waals surface area contributed by atoms with E-state index in [-0.39, 0.29) is 12.4 Å². The van der Waals surface area contributed by atoms with Crippen LogP contribution in [0, 0.1) is 11.8 Å². The van der Waals surface area contributed by atoms with E-state index in [1.807, 2.05) is 0 Å². The fourth-order valence-corrected chi connectivity index (χ4v) is 3.43. The molecule has 2 atom stereocenters. The zero-order chi connectivity index (χ0) is 12.3. The van der Waals surface area contributed by atoms with Crippen molar-refractivity contribution < 1.29 is 4.79 Å². The Balaban J connectivity index is 0.00000162. The molecular formula is C14H27ClN2O. The van der Waals surface area contributed by atoms with Crippen molar-refractivity contribution >= 4 is 18.3 Å². The van der Waals surface area contributed by atoms with Crippen molar-refractivity contribution in [2.45, 2.75) is 57.9 Å². The van der Waals surface area contributed by atoms with Gasteiger partial charge in [-0.25, -0.2) is 0 Å². The molecule has 0 aromatic rings. The van der Waals surface area contributed by atoms with Crippen LogP contribution in [0.15, 0.2) is 0 Å². The van der Waals surface area contributed by atoms with Crippen LogP contribution in [-0.4, -0.2) is 29.9 Å². The topological polar surface area (TPSA) is 46.3 Å². The summed E-state index contributed by atoms with van der Waals surface area (Å²) in [6.45, 7) is 3.76. The van der Waals surface area contributed by atoms with Gasteiger partial charge in [0.15, 0.2) is 0 Å². The van der Waals surface area contributed by atoms with Gasteiger partial charge in [0, 0.05) is 19.0 Å². The Labute approximate surface area is 117 Å². The number of amides is 1. The standard InChI is InChI=1S/C14H26N2O.ClH/c1-11-8-13(9-15)10-16(11)14(17)7-6-12-4-2-3-5-12;/h11-13H,2-10,15H2,1H3;1H. The second kappa shape index (κ2) is 7.34. The Morgan fingerprint density at radius 1 is 1.28 bits per heavy atom. The first-order valence-electron chi connectivity index (χ1n) is 7.20. The van der Waals surface area contributed by atoms with Gasteiger partial charge in [0.2, 0.25) is 5.91 Å². The maximum absolute atomic E-state index is 12.2. The monoisotopic (exact) mass is 274 g/mol. The SMILES string of the molecule is CC1CC(CN)CN1C(=O)CCC1CCCC1.Cl. The third kappa shape index (κ3) is 3.86. The number of nitrogens with two attached hydrogens (primary N) is 1. The highest BCUT2D eigenvalue weighted by atomic mass is 35.5. The van der Waals surface area contributed by atoms with Crippen molar-refractivity contribution in [3.63, 3.8) is 0 Å². The first kappa shape index (κ1) is 15.8. The third-order valence-electron chi connectivity index (χ3n) is 4.56. The summed E-state index contributed by atoms with van der Waals surface area (Å²) in [5.41, 5.74) is 5.69. The molecule has 2 aliphatic rings. The van der Waals surface area contributed by atoms with Crippen molar-refractivity contribution in [3.8, 4) is 0 Å². The molecule has 1 saturated carbocycles. The Morgan fingerprint density at radius 3 is 2.50 bits per heavy atom. The van der Waals surface area contributed by atoms with Crippen LogP contribution in [0.2, 0.25) is 0 Å². The van der Waals surface area contributed by atoms with Crippen LogP contribution in [0.5, 0.6) is 0 Å². The number of rotatable bonds is 4. The lowest BCUT2D eigenvalue weighted by atomic mass is 10.0. The lowest BCUT2D eigenvalue weighted by Gasteiger charge is -2.22. The van der Waals surface area contributed by atoms with Gasteiger partial charge >= 0.3 is 0 Å². The van der Waals surface area contributed by atoms with Gasteiger partial charge in [0.05, 0.1) is 0 Å². The van der Waals surface area contributed by atoms with E-state index < -0.39 is 0 Å². The summed E-state index contributed by atoms with van der Waals surface area (Å²) in [5.74, 6) is 1.71. The fourth-order valence-electron chi connectivity index (χ4n) is 3.43. The first-order chi connectivity index (χ1) is 8.20. The molecule has 1 heterocycles. The number of carbonyl (C=O) groups excluding carboxylic acids is 1. The molecule has 0 aromatic heterocycles. The summed E-state index contributed by atoms with van der Waals surface area (Å²) in [4.78, 5) is 14.2. The predicted octanol–water partition coefficient (Wildman–Crippen LogP) is 2.57. The summed E-state index contributed by atoms with van der Waals surface area (Å²) >= 11 is 0. The van der Waals surface area contributed by atoms with Crippen LogP contribution in [0.25, 0.3) is 0 Å². The summed E-state index contributed by atoms with van der Waals surface area (Å²) in [5, 5.41) is 0. The number of hydrogen-bond acceptors (Lipinski definition) is 2. The maximum atomic E-state index is 12.2. The van der Waals surface area contributed by atoms with E-state index in [1.165, 1.54) is 25.7 Å². The minimum absolute atomic E-state index is 0. The molecule has 106 valence electrons. The quantitative estimate of drug-likeness (QED) is 0.856. The van der Waals surface area contributed by atoms with Crippen molar-refractivity contribution in [1.29, 1.82) is 0 Å². The summed E-state index contributed by atoms with van der Waals surface area (Å²) in [7, 11) is 0. The number of carbonyl (C=O) groups is 1. The predicted molar refractivity (Wildman–Crippen MR) is 76.8 cm³/mol. The zero-order valence-electron chi connectivity index (χ0n) is 11.4. The normalized spacial score (nSPS) is 28.4. The second-order valence-corrected chi connectivity index (χ2v) is 5.92. The molecular weight excluding hydrogens is 248 g/mol. The smallest absolute Gasteiger partial charge is 0.222 e. The van der Waals surface area contributed by atoms with Crippen LogP contribution in [0.3, 0.4) is 0 Å². The largest absolute Gasteiger partial charge is 0.340 e. The third-order valence-corrected chi connectivity index (χ3v) is 4.56. The van der Waals surface area contributed by atoms with Crippen LogP contribution >= 0.6 is 12.4 Å². The van der Waals surface area contributed by atoms with Crippen molar-refractivity contribution in [2.75, 3.05) is 13.1 Å². The molecule has 2 fully saturated rings. The maximum Gasteiger partial charge on any atom is 0.222 e. The van der Waals surface area contributed by atoms with Gasteiger partial charge < -0.3 is 10.6 Å². The molecule has 0 bridgehead atoms. The van der Waals surface area contributed by atoms with E-state index in [0.29, 0.717) is 17.9 Å². The summed E-state index contributed by atoms with van der Waals surface area (Å²) in [6.07, 6.45) is 8.37. The highest BCUT2D eigenvalue weighted by Gasteiger charge is 2.31. The summed E-state index contributed by atoms with van der Waals surface area (Å²) in [6, 6.07) is 0.402. The minimum Gasteiger partial charge on any atom is -0.340 e. The molecule has 0 spiro atoms. The average Bonchev–Trinajstić information content (AvgIpc) is 2.94. The van der Waals surface area contributed by atoms with Crippen LogP contribution in [0.4, 0.5) is 0 Å². The van der Waals surface area contributed by atoms with Gasteiger partial charge in [-0.05, 0) is 38.1 Å². The van der Waals surface area contributed by atoms with E-state index in [2.05, 4.69) is 11.8 Å². The van der Waals surface area contributed by atoms with E-state index in [1.54, 1.807) is 0 Å². The van der Waals surface area contributed by atoms with Crippen molar-refractivity contribution in [3.05, 3.63) is 0 Å². The Hall–Kier alpha value is -0.280. The highest BCUT2D eigenvalue weighted by Crippen LogP contribution is 2.30. The van der Waals surface area contributed by atoms with E-state index in [0.717, 1.165) is 38.3 Å². The molecule has 1 aliphatic heterocycles. The van der Waals surface area contributed by atoms with Crippen LogP contribution in [-0.2, 0) is 4.79 Å². The minimum atomic E-state index is 0. The van der Waals surface area contributed by atoms with Gasteiger partial charge in [-0.3, -0.25) is 4.79 Å². The molecule has 2 unspecified atom stereocenters. The van der Waals surface area contributed by atoms with Crippen LogP contribution < -0.4 is 5.73 Å². The van der Waals surface area contributed by atoms with Gasteiger partial charge in [0.1, 0.15) is 0 Å². The molecule has 3 nitrogen and oxygen atoms in total. The molecule has 1 saturated heterocycles. The fraction of sp³-hybridized carbons (Fsp3) is 0.929.